The maximum absolute atomic E-state index is 10.8. The van der Waals surface area contributed by atoms with Gasteiger partial charge >= 0.3 is 0 Å². The molecule has 1 aliphatic heterocycles. The molecule has 5 heteroatoms. The summed E-state index contributed by atoms with van der Waals surface area (Å²) < 4.78 is 10.7. The van der Waals surface area contributed by atoms with E-state index in [9.17, 15) is 10.1 Å². The number of hydrogen-bond acceptors (Lipinski definition) is 4. The van der Waals surface area contributed by atoms with E-state index in [2.05, 4.69) is 6.58 Å². The smallest absolute Gasteiger partial charge is 0.250 e. The third kappa shape index (κ3) is 2.30. The number of hydrogen-bond donors (Lipinski definition) is 0. The van der Waals surface area contributed by atoms with Crippen LogP contribution in [-0.4, -0.2) is 24.7 Å². The van der Waals surface area contributed by atoms with E-state index < -0.39 is 6.04 Å². The molecule has 1 aromatic rings. The third-order valence-electron chi connectivity index (χ3n) is 2.99. The first-order chi connectivity index (χ1) is 8.65. The van der Waals surface area contributed by atoms with Crippen molar-refractivity contribution >= 4 is 0 Å². The van der Waals surface area contributed by atoms with Gasteiger partial charge in [-0.3, -0.25) is 10.1 Å². The van der Waals surface area contributed by atoms with Crippen LogP contribution < -0.4 is 9.47 Å². The van der Waals surface area contributed by atoms with E-state index in [-0.39, 0.29) is 11.5 Å². The highest BCUT2D eigenvalue weighted by Gasteiger charge is 2.30. The van der Waals surface area contributed by atoms with Crippen LogP contribution in [0.15, 0.2) is 24.8 Å². The van der Waals surface area contributed by atoms with Crippen LogP contribution in [0.3, 0.4) is 0 Å². The predicted octanol–water partition coefficient (Wildman–Crippen LogP) is 2.00. The molecule has 1 atom stereocenters. The lowest BCUT2D eigenvalue weighted by Crippen LogP contribution is -2.33. The van der Waals surface area contributed by atoms with Gasteiger partial charge in [-0.2, -0.15) is 0 Å². The molecule has 1 unspecified atom stereocenters. The molecule has 0 spiro atoms. The Morgan fingerprint density at radius 2 is 2.44 bits per heavy atom. The van der Waals surface area contributed by atoms with Gasteiger partial charge in [0, 0.05) is 22.5 Å². The SMILES string of the molecule is C=CCc1cc(OC)cc2c1OCC([N+](=O)[O-])C2. The monoisotopic (exact) mass is 249 g/mol. The second kappa shape index (κ2) is 5.08. The normalized spacial score (nSPS) is 17.5. The summed E-state index contributed by atoms with van der Waals surface area (Å²) in [6.07, 6.45) is 2.81. The van der Waals surface area contributed by atoms with E-state index in [1.807, 2.05) is 6.07 Å². The first-order valence-electron chi connectivity index (χ1n) is 5.72. The van der Waals surface area contributed by atoms with Crippen LogP contribution >= 0.6 is 0 Å². The molecule has 0 amide bonds. The summed E-state index contributed by atoms with van der Waals surface area (Å²) >= 11 is 0. The van der Waals surface area contributed by atoms with E-state index in [4.69, 9.17) is 9.47 Å². The van der Waals surface area contributed by atoms with E-state index in [0.717, 1.165) is 16.9 Å². The zero-order valence-electron chi connectivity index (χ0n) is 10.2. The molecule has 1 aromatic carbocycles. The minimum atomic E-state index is -0.679. The first kappa shape index (κ1) is 12.4. The Morgan fingerprint density at radius 1 is 1.67 bits per heavy atom. The Balaban J connectivity index is 2.39. The standard InChI is InChI=1S/C13H15NO4/c1-3-4-9-6-12(17-2)7-10-5-11(14(15)16)8-18-13(9)10/h3,6-7,11H,1,4-5,8H2,2H3. The topological polar surface area (TPSA) is 61.6 Å². The largest absolute Gasteiger partial charge is 0.497 e. The number of benzene rings is 1. The molecule has 0 fully saturated rings. The van der Waals surface area contributed by atoms with Crippen molar-refractivity contribution in [2.75, 3.05) is 13.7 Å². The molecule has 0 aromatic heterocycles. The van der Waals surface area contributed by atoms with Gasteiger partial charge in [0.25, 0.3) is 6.04 Å². The lowest BCUT2D eigenvalue weighted by atomic mass is 9.98. The van der Waals surface area contributed by atoms with Gasteiger partial charge in [-0.15, -0.1) is 6.58 Å². The van der Waals surface area contributed by atoms with Crippen molar-refractivity contribution in [3.8, 4) is 11.5 Å². The number of rotatable bonds is 4. The van der Waals surface area contributed by atoms with Crippen LogP contribution in [0, 0.1) is 10.1 Å². The molecule has 18 heavy (non-hydrogen) atoms. The van der Waals surface area contributed by atoms with Crippen molar-refractivity contribution in [3.63, 3.8) is 0 Å². The zero-order chi connectivity index (χ0) is 13.1. The molecule has 1 heterocycles. The number of allylic oxidation sites excluding steroid dienone is 1. The molecule has 96 valence electrons. The summed E-state index contributed by atoms with van der Waals surface area (Å²) in [5, 5.41) is 10.8. The van der Waals surface area contributed by atoms with Crippen LogP contribution in [0.2, 0.25) is 0 Å². The van der Waals surface area contributed by atoms with Crippen LogP contribution in [0.1, 0.15) is 11.1 Å². The third-order valence-corrected chi connectivity index (χ3v) is 2.99. The molecule has 0 saturated carbocycles. The Hall–Kier alpha value is -2.04. The van der Waals surface area contributed by atoms with Gasteiger partial charge in [0.2, 0.25) is 0 Å². The van der Waals surface area contributed by atoms with E-state index >= 15 is 0 Å². The van der Waals surface area contributed by atoms with E-state index in [1.165, 1.54) is 0 Å². The molecule has 0 radical (unpaired) electrons. The Kier molecular flexibility index (Phi) is 3.50. The predicted molar refractivity (Wildman–Crippen MR) is 66.9 cm³/mol. The Labute approximate surface area is 105 Å². The molecule has 0 aliphatic carbocycles. The summed E-state index contributed by atoms with van der Waals surface area (Å²) in [6.45, 7) is 3.82. The molecule has 2 rings (SSSR count). The average Bonchev–Trinajstić information content (AvgIpc) is 2.38. The summed E-state index contributed by atoms with van der Waals surface area (Å²) in [5.41, 5.74) is 1.79. The minimum Gasteiger partial charge on any atom is -0.497 e. The summed E-state index contributed by atoms with van der Waals surface area (Å²) in [5.74, 6) is 1.44. The van der Waals surface area contributed by atoms with Crippen molar-refractivity contribution in [1.82, 2.24) is 0 Å². The molecular formula is C13H15NO4. The second-order valence-electron chi connectivity index (χ2n) is 4.22. The molecule has 0 N–H and O–H groups in total. The highest BCUT2D eigenvalue weighted by atomic mass is 16.6. The van der Waals surface area contributed by atoms with Crippen LogP contribution in [0.5, 0.6) is 11.5 Å². The number of fused-ring (bicyclic) bond motifs is 1. The number of nitro groups is 1. The lowest BCUT2D eigenvalue weighted by Gasteiger charge is -2.23. The van der Waals surface area contributed by atoms with E-state index in [0.29, 0.717) is 18.6 Å². The van der Waals surface area contributed by atoms with Gasteiger partial charge in [-0.1, -0.05) is 6.08 Å². The summed E-state index contributed by atoms with van der Waals surface area (Å²) in [6, 6.07) is 3.01. The fraction of sp³-hybridized carbons (Fsp3) is 0.385. The van der Waals surface area contributed by atoms with Crippen LogP contribution in [0.25, 0.3) is 0 Å². The summed E-state index contributed by atoms with van der Waals surface area (Å²) in [4.78, 5) is 10.5. The van der Waals surface area contributed by atoms with E-state index in [1.54, 1.807) is 19.3 Å². The van der Waals surface area contributed by atoms with Crippen molar-refractivity contribution in [3.05, 3.63) is 46.0 Å². The van der Waals surface area contributed by atoms with Crippen molar-refractivity contribution in [2.45, 2.75) is 18.9 Å². The van der Waals surface area contributed by atoms with Gasteiger partial charge < -0.3 is 9.47 Å². The maximum Gasteiger partial charge on any atom is 0.250 e. The maximum atomic E-state index is 10.8. The van der Waals surface area contributed by atoms with Gasteiger partial charge in [-0.25, -0.2) is 0 Å². The van der Waals surface area contributed by atoms with Crippen molar-refractivity contribution in [1.29, 1.82) is 0 Å². The van der Waals surface area contributed by atoms with Crippen LogP contribution in [-0.2, 0) is 12.8 Å². The molecule has 0 saturated heterocycles. The molecule has 0 bridgehead atoms. The fourth-order valence-electron chi connectivity index (χ4n) is 2.11. The number of nitrogens with zero attached hydrogens (tertiary/aromatic N) is 1. The second-order valence-corrected chi connectivity index (χ2v) is 4.22. The minimum absolute atomic E-state index is 0.121. The summed E-state index contributed by atoms with van der Waals surface area (Å²) in [7, 11) is 1.58. The highest BCUT2D eigenvalue weighted by Crippen LogP contribution is 2.34. The Bertz CT molecular complexity index is 484. The fourth-order valence-corrected chi connectivity index (χ4v) is 2.11. The Morgan fingerprint density at radius 3 is 3.06 bits per heavy atom. The van der Waals surface area contributed by atoms with Crippen molar-refractivity contribution < 1.29 is 14.4 Å². The molecule has 1 aliphatic rings. The number of ether oxygens (including phenoxy) is 2. The van der Waals surface area contributed by atoms with Gasteiger partial charge in [0.05, 0.1) is 7.11 Å². The van der Waals surface area contributed by atoms with Gasteiger partial charge in [-0.05, 0) is 18.6 Å². The van der Waals surface area contributed by atoms with Gasteiger partial charge in [0.15, 0.2) is 6.61 Å². The number of methoxy groups -OCH3 is 1. The zero-order valence-corrected chi connectivity index (χ0v) is 10.2. The average molecular weight is 249 g/mol. The van der Waals surface area contributed by atoms with Gasteiger partial charge in [0.1, 0.15) is 11.5 Å². The quantitative estimate of drug-likeness (QED) is 0.465. The van der Waals surface area contributed by atoms with Crippen molar-refractivity contribution in [2.24, 2.45) is 0 Å². The molecular weight excluding hydrogens is 234 g/mol. The highest BCUT2D eigenvalue weighted by molar-refractivity contribution is 5.49. The first-order valence-corrected chi connectivity index (χ1v) is 5.72. The lowest BCUT2D eigenvalue weighted by molar-refractivity contribution is -0.525. The van der Waals surface area contributed by atoms with Crippen LogP contribution in [0.4, 0.5) is 0 Å². The molecule has 5 nitrogen and oxygen atoms in total.